The molecular weight excluding hydrogens is 483 g/mol. The van der Waals surface area contributed by atoms with E-state index in [1.165, 1.54) is 0 Å². The fourth-order valence-corrected chi connectivity index (χ4v) is 3.09. The van der Waals surface area contributed by atoms with Gasteiger partial charge in [-0.25, -0.2) is 9.97 Å². The van der Waals surface area contributed by atoms with Crippen molar-refractivity contribution in [3.63, 3.8) is 0 Å². The minimum atomic E-state index is 0. The summed E-state index contributed by atoms with van der Waals surface area (Å²) < 4.78 is 1.73. The Morgan fingerprint density at radius 1 is 1.00 bits per heavy atom. The highest BCUT2D eigenvalue weighted by molar-refractivity contribution is 14.0. The topological polar surface area (TPSA) is 114 Å². The largest absolute Gasteiger partial charge is 0.370 e. The summed E-state index contributed by atoms with van der Waals surface area (Å²) >= 11 is 0. The summed E-state index contributed by atoms with van der Waals surface area (Å²) in [6, 6.07) is 11.6. The van der Waals surface area contributed by atoms with Crippen molar-refractivity contribution in [1.82, 2.24) is 35.1 Å². The molecule has 2 N–H and O–H groups in total. The molecule has 0 saturated carbocycles. The number of rotatable bonds is 5. The second-order valence-electron chi connectivity index (χ2n) is 6.36. The molecule has 0 radical (unpaired) electrons. The number of para-hydroxylation sites is 1. The molecule has 0 spiro atoms. The van der Waals surface area contributed by atoms with E-state index in [1.54, 1.807) is 17.1 Å². The normalized spacial score (nSPS) is 14.6. The monoisotopic (exact) mass is 506 g/mol. The summed E-state index contributed by atoms with van der Waals surface area (Å²) in [4.78, 5) is 17.3. The second-order valence-corrected chi connectivity index (χ2v) is 6.36. The summed E-state index contributed by atoms with van der Waals surface area (Å²) in [6.45, 7) is 3.73. The molecule has 29 heavy (non-hydrogen) atoms. The van der Waals surface area contributed by atoms with E-state index in [4.69, 9.17) is 5.73 Å². The molecule has 10 nitrogen and oxygen atoms in total. The van der Waals surface area contributed by atoms with Crippen molar-refractivity contribution in [3.8, 4) is 5.69 Å². The standard InChI is InChI=1S/C18H22N10.HI/c19-17(26-11-13-27(14-12-26)18-21-8-4-9-22-18)20-10-7-16-23-24-25-28(16)15-5-2-1-3-6-15;/h1-6,8-9H,7,10-14H2,(H2,19,20);1H. The maximum Gasteiger partial charge on any atom is 0.225 e. The fourth-order valence-electron chi connectivity index (χ4n) is 3.09. The molecule has 11 heteroatoms. The number of nitrogens with zero attached hydrogens (tertiary/aromatic N) is 9. The van der Waals surface area contributed by atoms with Crippen molar-refractivity contribution in [2.75, 3.05) is 37.6 Å². The van der Waals surface area contributed by atoms with Gasteiger partial charge in [0.25, 0.3) is 0 Å². The van der Waals surface area contributed by atoms with Crippen LogP contribution in [0.1, 0.15) is 5.82 Å². The van der Waals surface area contributed by atoms with Gasteiger partial charge in [0.15, 0.2) is 11.8 Å². The number of anilines is 1. The zero-order chi connectivity index (χ0) is 19.2. The van der Waals surface area contributed by atoms with Crippen LogP contribution in [0.3, 0.4) is 0 Å². The van der Waals surface area contributed by atoms with Gasteiger partial charge in [-0.05, 0) is 28.6 Å². The SMILES string of the molecule is I.NC(=NCCc1nnnn1-c1ccccc1)N1CCN(c2ncccn2)CC1. The summed E-state index contributed by atoms with van der Waals surface area (Å²) in [5.74, 6) is 2.06. The van der Waals surface area contributed by atoms with Crippen molar-refractivity contribution in [2.45, 2.75) is 6.42 Å². The third-order valence-corrected chi connectivity index (χ3v) is 4.58. The number of aromatic nitrogens is 6. The van der Waals surface area contributed by atoms with Crippen molar-refractivity contribution >= 4 is 35.9 Å². The van der Waals surface area contributed by atoms with E-state index >= 15 is 0 Å². The molecule has 1 saturated heterocycles. The van der Waals surface area contributed by atoms with Gasteiger partial charge in [-0.15, -0.1) is 29.1 Å². The molecule has 2 aromatic heterocycles. The van der Waals surface area contributed by atoms with Crippen molar-refractivity contribution in [3.05, 3.63) is 54.6 Å². The zero-order valence-corrected chi connectivity index (χ0v) is 18.2. The van der Waals surface area contributed by atoms with Gasteiger partial charge in [0, 0.05) is 51.5 Å². The van der Waals surface area contributed by atoms with Gasteiger partial charge in [-0.2, -0.15) is 4.68 Å². The lowest BCUT2D eigenvalue weighted by Crippen LogP contribution is -2.51. The van der Waals surface area contributed by atoms with Crippen LogP contribution < -0.4 is 10.6 Å². The first-order valence-corrected chi connectivity index (χ1v) is 9.21. The average Bonchev–Trinajstić information content (AvgIpc) is 3.23. The Bertz CT molecular complexity index is 907. The molecule has 0 bridgehead atoms. The lowest BCUT2D eigenvalue weighted by molar-refractivity contribution is 0.378. The van der Waals surface area contributed by atoms with Crippen LogP contribution in [0.4, 0.5) is 5.95 Å². The molecule has 0 amide bonds. The van der Waals surface area contributed by atoms with Gasteiger partial charge in [0.05, 0.1) is 5.69 Å². The van der Waals surface area contributed by atoms with Gasteiger partial charge < -0.3 is 15.5 Å². The lowest BCUT2D eigenvalue weighted by Gasteiger charge is -2.35. The van der Waals surface area contributed by atoms with Crippen molar-refractivity contribution in [1.29, 1.82) is 0 Å². The Kier molecular flexibility index (Phi) is 7.27. The van der Waals surface area contributed by atoms with Crippen LogP contribution in [0.25, 0.3) is 5.69 Å². The van der Waals surface area contributed by atoms with Gasteiger partial charge in [0.2, 0.25) is 5.95 Å². The number of hydrogen-bond donors (Lipinski definition) is 1. The highest BCUT2D eigenvalue weighted by Crippen LogP contribution is 2.10. The number of nitrogens with two attached hydrogens (primary N) is 1. The van der Waals surface area contributed by atoms with Crippen LogP contribution in [0.15, 0.2) is 53.8 Å². The molecule has 1 aliphatic heterocycles. The fraction of sp³-hybridized carbons (Fsp3) is 0.333. The van der Waals surface area contributed by atoms with Gasteiger partial charge in [-0.1, -0.05) is 18.2 Å². The Morgan fingerprint density at radius 2 is 1.72 bits per heavy atom. The van der Waals surface area contributed by atoms with E-state index < -0.39 is 0 Å². The molecule has 0 atom stereocenters. The van der Waals surface area contributed by atoms with Crippen molar-refractivity contribution in [2.24, 2.45) is 10.7 Å². The highest BCUT2D eigenvalue weighted by Gasteiger charge is 2.19. The third-order valence-electron chi connectivity index (χ3n) is 4.58. The van der Waals surface area contributed by atoms with Crippen LogP contribution in [0.5, 0.6) is 0 Å². The van der Waals surface area contributed by atoms with E-state index in [2.05, 4.69) is 40.3 Å². The summed E-state index contributed by atoms with van der Waals surface area (Å²) in [5, 5.41) is 11.9. The van der Waals surface area contributed by atoms with Crippen LogP contribution in [0.2, 0.25) is 0 Å². The Balaban J connectivity index is 0.00000240. The average molecular weight is 506 g/mol. The smallest absolute Gasteiger partial charge is 0.225 e. The molecule has 0 aliphatic carbocycles. The molecule has 3 aromatic rings. The first-order valence-electron chi connectivity index (χ1n) is 9.21. The number of benzene rings is 1. The van der Waals surface area contributed by atoms with Gasteiger partial charge in [-0.3, -0.25) is 4.99 Å². The maximum atomic E-state index is 6.19. The first-order chi connectivity index (χ1) is 13.8. The molecule has 152 valence electrons. The quantitative estimate of drug-likeness (QED) is 0.307. The van der Waals surface area contributed by atoms with E-state index in [0.29, 0.717) is 18.9 Å². The van der Waals surface area contributed by atoms with E-state index in [1.807, 2.05) is 36.4 Å². The molecular formula is C18H23IN10. The maximum absolute atomic E-state index is 6.19. The highest BCUT2D eigenvalue weighted by atomic mass is 127. The number of piperazine rings is 1. The number of tetrazole rings is 1. The van der Waals surface area contributed by atoms with Gasteiger partial charge in [0.1, 0.15) is 0 Å². The summed E-state index contributed by atoms with van der Waals surface area (Å²) in [6.07, 6.45) is 4.13. The number of guanidine groups is 1. The predicted molar refractivity (Wildman–Crippen MR) is 121 cm³/mol. The second kappa shape index (κ2) is 10.1. The summed E-state index contributed by atoms with van der Waals surface area (Å²) in [7, 11) is 0. The zero-order valence-electron chi connectivity index (χ0n) is 15.9. The van der Waals surface area contributed by atoms with Crippen LogP contribution in [0, 0.1) is 0 Å². The Labute approximate surface area is 185 Å². The lowest BCUT2D eigenvalue weighted by atomic mass is 10.3. The van der Waals surface area contributed by atoms with E-state index in [9.17, 15) is 0 Å². The molecule has 1 aliphatic rings. The number of hydrogen-bond acceptors (Lipinski definition) is 7. The van der Waals surface area contributed by atoms with Gasteiger partial charge >= 0.3 is 0 Å². The summed E-state index contributed by atoms with van der Waals surface area (Å²) in [5.41, 5.74) is 7.12. The minimum Gasteiger partial charge on any atom is -0.370 e. The molecule has 1 fully saturated rings. The first kappa shape index (κ1) is 20.9. The van der Waals surface area contributed by atoms with Crippen molar-refractivity contribution < 1.29 is 0 Å². The van der Waals surface area contributed by atoms with Crippen LogP contribution in [-0.2, 0) is 6.42 Å². The number of aliphatic imine (C=N–C) groups is 1. The van der Waals surface area contributed by atoms with E-state index in [0.717, 1.165) is 43.6 Å². The Morgan fingerprint density at radius 3 is 2.45 bits per heavy atom. The van der Waals surface area contributed by atoms with Crippen LogP contribution >= 0.6 is 24.0 Å². The molecule has 1 aromatic carbocycles. The number of halogens is 1. The molecule has 3 heterocycles. The van der Waals surface area contributed by atoms with E-state index in [-0.39, 0.29) is 24.0 Å². The third kappa shape index (κ3) is 5.16. The van der Waals surface area contributed by atoms with Crippen LogP contribution in [-0.4, -0.2) is 73.8 Å². The minimum absolute atomic E-state index is 0. The molecule has 0 unspecified atom stereocenters. The Hall–Kier alpha value is -2.83. The molecule has 4 rings (SSSR count). The predicted octanol–water partition coefficient (Wildman–Crippen LogP) is 0.750.